The summed E-state index contributed by atoms with van der Waals surface area (Å²) < 4.78 is 14.3. The van der Waals surface area contributed by atoms with Crippen molar-refractivity contribution in [2.24, 2.45) is 0 Å². The minimum Gasteiger partial charge on any atom is -0.354 e. The number of halogens is 3. The van der Waals surface area contributed by atoms with Crippen LogP contribution in [0, 0.1) is 5.82 Å². The highest BCUT2D eigenvalue weighted by Crippen LogP contribution is 2.40. The largest absolute Gasteiger partial charge is 0.354 e. The maximum Gasteiger partial charge on any atom is 0.152 e. The Morgan fingerprint density at radius 3 is 2.68 bits per heavy atom. The van der Waals surface area contributed by atoms with Gasteiger partial charge in [-0.05, 0) is 24.3 Å². The van der Waals surface area contributed by atoms with E-state index in [1.54, 1.807) is 12.1 Å². The van der Waals surface area contributed by atoms with Gasteiger partial charge in [0.05, 0.1) is 10.0 Å². The smallest absolute Gasteiger partial charge is 0.152 e. The van der Waals surface area contributed by atoms with Crippen LogP contribution in [0.15, 0.2) is 24.3 Å². The Hall–Kier alpha value is -1.36. The fourth-order valence-electron chi connectivity index (χ4n) is 2.03. The molecule has 1 aromatic carbocycles. The topological polar surface area (TPSA) is 32.9 Å². The fourth-order valence-corrected chi connectivity index (χ4v) is 3.51. The summed E-state index contributed by atoms with van der Waals surface area (Å²) in [4.78, 5) is 14.4. The van der Waals surface area contributed by atoms with E-state index in [2.05, 4.69) is 4.98 Å². The van der Waals surface area contributed by atoms with Gasteiger partial charge in [0.2, 0.25) is 0 Å². The Kier molecular flexibility index (Phi) is 3.09. The van der Waals surface area contributed by atoms with E-state index >= 15 is 0 Å². The van der Waals surface area contributed by atoms with E-state index in [-0.39, 0.29) is 0 Å². The first-order chi connectivity index (χ1) is 9.10. The van der Waals surface area contributed by atoms with Gasteiger partial charge in [-0.15, -0.1) is 11.3 Å². The van der Waals surface area contributed by atoms with E-state index in [4.69, 9.17) is 23.2 Å². The van der Waals surface area contributed by atoms with Gasteiger partial charge in [0, 0.05) is 22.0 Å². The number of benzene rings is 1. The molecule has 0 unspecified atom stereocenters. The fraction of sp³-hybridized carbons (Fsp3) is 0. The zero-order valence-electron chi connectivity index (χ0n) is 9.34. The molecule has 2 heterocycles. The first-order valence-electron chi connectivity index (χ1n) is 5.31. The minimum atomic E-state index is -0.393. The third kappa shape index (κ3) is 2.06. The number of carbonyl (C=O) groups is 1. The molecular weight excluding hydrogens is 308 g/mol. The Bertz CT molecular complexity index is 793. The van der Waals surface area contributed by atoms with Crippen LogP contribution < -0.4 is 0 Å². The van der Waals surface area contributed by atoms with Crippen LogP contribution in [0.1, 0.15) is 10.4 Å². The molecule has 0 spiro atoms. The molecule has 0 radical (unpaired) electrons. The van der Waals surface area contributed by atoms with E-state index in [0.29, 0.717) is 42.7 Å². The second-order valence-corrected chi connectivity index (χ2v) is 6.24. The molecule has 0 aliphatic heterocycles. The minimum absolute atomic E-state index is 0.380. The molecule has 96 valence electrons. The van der Waals surface area contributed by atoms with Crippen LogP contribution in [-0.4, -0.2) is 11.3 Å². The predicted octanol–water partition coefficient (Wildman–Crippen LogP) is 5.15. The Labute approximate surface area is 121 Å². The Morgan fingerprint density at radius 2 is 2.05 bits per heavy atom. The molecule has 0 aliphatic carbocycles. The van der Waals surface area contributed by atoms with E-state index in [9.17, 15) is 9.18 Å². The van der Waals surface area contributed by atoms with Gasteiger partial charge in [-0.2, -0.15) is 0 Å². The molecule has 0 aliphatic rings. The van der Waals surface area contributed by atoms with Crippen LogP contribution in [0.3, 0.4) is 0 Å². The van der Waals surface area contributed by atoms with Gasteiger partial charge in [0.1, 0.15) is 10.2 Å². The van der Waals surface area contributed by atoms with Gasteiger partial charge >= 0.3 is 0 Å². The van der Waals surface area contributed by atoms with E-state index in [0.717, 1.165) is 0 Å². The SMILES string of the molecule is O=Cc1c(-c2cc(Cl)sc2Cl)[nH]c2ccc(F)cc12. The number of H-pyrrole nitrogens is 1. The monoisotopic (exact) mass is 313 g/mol. The predicted molar refractivity (Wildman–Crippen MR) is 77.0 cm³/mol. The molecule has 6 heteroatoms. The zero-order chi connectivity index (χ0) is 13.6. The number of thiophene rings is 1. The quantitative estimate of drug-likeness (QED) is 0.652. The highest BCUT2D eigenvalue weighted by Gasteiger charge is 2.17. The van der Waals surface area contributed by atoms with Crippen LogP contribution in [0.5, 0.6) is 0 Å². The summed E-state index contributed by atoms with van der Waals surface area (Å²) in [6, 6.07) is 5.92. The molecule has 0 atom stereocenters. The number of fused-ring (bicyclic) bond motifs is 1. The third-order valence-electron chi connectivity index (χ3n) is 2.84. The maximum absolute atomic E-state index is 13.3. The molecule has 1 N–H and O–H groups in total. The number of hydrogen-bond acceptors (Lipinski definition) is 2. The lowest BCUT2D eigenvalue weighted by molar-refractivity contribution is 0.112. The van der Waals surface area contributed by atoms with Crippen molar-refractivity contribution >= 4 is 51.7 Å². The Balaban J connectivity index is 2.35. The van der Waals surface area contributed by atoms with Crippen molar-refractivity contribution in [1.29, 1.82) is 0 Å². The van der Waals surface area contributed by atoms with Crippen molar-refractivity contribution in [2.45, 2.75) is 0 Å². The second kappa shape index (κ2) is 4.63. The highest BCUT2D eigenvalue weighted by atomic mass is 35.5. The summed E-state index contributed by atoms with van der Waals surface area (Å²) in [5.41, 5.74) is 2.27. The first kappa shape index (κ1) is 12.7. The van der Waals surface area contributed by atoms with Gasteiger partial charge in [-0.3, -0.25) is 4.79 Å². The zero-order valence-corrected chi connectivity index (χ0v) is 11.7. The van der Waals surface area contributed by atoms with Crippen LogP contribution >= 0.6 is 34.5 Å². The number of aldehydes is 1. The van der Waals surface area contributed by atoms with Crippen molar-refractivity contribution in [2.75, 3.05) is 0 Å². The van der Waals surface area contributed by atoms with Gasteiger partial charge in [0.25, 0.3) is 0 Å². The molecule has 0 saturated heterocycles. The maximum atomic E-state index is 13.3. The lowest BCUT2D eigenvalue weighted by atomic mass is 10.1. The molecule has 3 aromatic rings. The number of aromatic amines is 1. The van der Waals surface area contributed by atoms with Crippen molar-refractivity contribution < 1.29 is 9.18 Å². The van der Waals surface area contributed by atoms with E-state index < -0.39 is 5.82 Å². The summed E-state index contributed by atoms with van der Waals surface area (Å²) in [7, 11) is 0. The second-order valence-electron chi connectivity index (χ2n) is 3.96. The summed E-state index contributed by atoms with van der Waals surface area (Å²) in [5.74, 6) is -0.393. The Morgan fingerprint density at radius 1 is 1.26 bits per heavy atom. The van der Waals surface area contributed by atoms with Crippen molar-refractivity contribution in [3.8, 4) is 11.3 Å². The van der Waals surface area contributed by atoms with Crippen molar-refractivity contribution in [3.63, 3.8) is 0 Å². The average Bonchev–Trinajstić information content (AvgIpc) is 2.88. The summed E-state index contributed by atoms with van der Waals surface area (Å²) in [5, 5.41) is 0.531. The van der Waals surface area contributed by atoms with Crippen molar-refractivity contribution in [1.82, 2.24) is 4.98 Å². The van der Waals surface area contributed by atoms with Gasteiger partial charge in [-0.1, -0.05) is 23.2 Å². The van der Waals surface area contributed by atoms with Crippen LogP contribution in [-0.2, 0) is 0 Å². The number of nitrogens with one attached hydrogen (secondary N) is 1. The number of hydrogen-bond donors (Lipinski definition) is 1. The molecule has 2 nitrogen and oxygen atoms in total. The van der Waals surface area contributed by atoms with Crippen molar-refractivity contribution in [3.05, 3.63) is 44.3 Å². The number of carbonyl (C=O) groups excluding carboxylic acids is 1. The van der Waals surface area contributed by atoms with Gasteiger partial charge in [-0.25, -0.2) is 4.39 Å². The standard InChI is InChI=1S/C13H6Cl2FNOS/c14-11-4-8(13(15)19-11)12-9(5-18)7-3-6(16)1-2-10(7)17-12/h1-5,17H. The third-order valence-corrected chi connectivity index (χ3v) is 4.33. The van der Waals surface area contributed by atoms with Crippen LogP contribution in [0.4, 0.5) is 4.39 Å². The summed E-state index contributed by atoms with van der Waals surface area (Å²) in [6.45, 7) is 0. The highest BCUT2D eigenvalue weighted by molar-refractivity contribution is 7.20. The summed E-state index contributed by atoms with van der Waals surface area (Å²) >= 11 is 13.2. The normalized spacial score (nSPS) is 11.1. The van der Waals surface area contributed by atoms with Gasteiger partial charge < -0.3 is 4.98 Å². The molecule has 0 amide bonds. The van der Waals surface area contributed by atoms with Crippen LogP contribution in [0.25, 0.3) is 22.2 Å². The molecular formula is C13H6Cl2FNOS. The number of aromatic nitrogens is 1. The molecule has 2 aromatic heterocycles. The lowest BCUT2D eigenvalue weighted by Crippen LogP contribution is -1.83. The molecule has 0 fully saturated rings. The van der Waals surface area contributed by atoms with Gasteiger partial charge in [0.15, 0.2) is 6.29 Å². The molecule has 0 bridgehead atoms. The first-order valence-corrected chi connectivity index (χ1v) is 6.89. The molecule has 3 rings (SSSR count). The van der Waals surface area contributed by atoms with E-state index in [1.165, 1.54) is 23.5 Å². The lowest BCUT2D eigenvalue weighted by Gasteiger charge is -1.96. The molecule has 19 heavy (non-hydrogen) atoms. The summed E-state index contributed by atoms with van der Waals surface area (Å²) in [6.07, 6.45) is 0.690. The average molecular weight is 314 g/mol. The van der Waals surface area contributed by atoms with Crippen LogP contribution in [0.2, 0.25) is 8.67 Å². The van der Waals surface area contributed by atoms with E-state index in [1.807, 2.05) is 0 Å². The molecule has 0 saturated carbocycles. The number of rotatable bonds is 2.